The van der Waals surface area contributed by atoms with Crippen LogP contribution in [0.15, 0.2) is 0 Å². The second kappa shape index (κ2) is 10.5. The summed E-state index contributed by atoms with van der Waals surface area (Å²) in [5.41, 5.74) is 5.51. The lowest BCUT2D eigenvalue weighted by atomic mass is 9.90. The van der Waals surface area contributed by atoms with Gasteiger partial charge in [-0.1, -0.05) is 39.5 Å². The Kier molecular flexibility index (Phi) is 10.3. The minimum absolute atomic E-state index is 0. The minimum Gasteiger partial charge on any atom is -0.365 e. The fourth-order valence-corrected chi connectivity index (χ4v) is 3.21. The van der Waals surface area contributed by atoms with Crippen molar-refractivity contribution in [3.8, 4) is 0 Å². The third-order valence-corrected chi connectivity index (χ3v) is 4.30. The van der Waals surface area contributed by atoms with Gasteiger partial charge in [0.05, 0.1) is 6.10 Å². The molecule has 1 aliphatic rings. The van der Waals surface area contributed by atoms with E-state index in [0.29, 0.717) is 12.5 Å². The summed E-state index contributed by atoms with van der Waals surface area (Å²) >= 11 is 0. The molecule has 1 saturated carbocycles. The molecule has 1 aliphatic carbocycles. The number of nitrogens with one attached hydrogen (secondary N) is 1. The van der Waals surface area contributed by atoms with Gasteiger partial charge in [-0.15, -0.1) is 12.4 Å². The number of amides is 1. The lowest BCUT2D eigenvalue weighted by Gasteiger charge is -2.33. The molecule has 22 heavy (non-hydrogen) atoms. The first kappa shape index (κ1) is 21.7. The number of ether oxygens (including phenoxy) is 1. The van der Waals surface area contributed by atoms with Gasteiger partial charge in [0.15, 0.2) is 0 Å². The molecule has 1 fully saturated rings. The van der Waals surface area contributed by atoms with Gasteiger partial charge in [-0.25, -0.2) is 0 Å². The average Bonchev–Trinajstić information content (AvgIpc) is 2.66. The van der Waals surface area contributed by atoms with Crippen molar-refractivity contribution in [2.45, 2.75) is 90.4 Å². The maximum Gasteiger partial charge on any atom is 0.249 e. The summed E-state index contributed by atoms with van der Waals surface area (Å²) in [6.45, 7) is 8.61. The van der Waals surface area contributed by atoms with Crippen LogP contribution in [-0.4, -0.2) is 30.2 Å². The molecule has 0 aromatic heterocycles. The van der Waals surface area contributed by atoms with E-state index in [9.17, 15) is 4.79 Å². The van der Waals surface area contributed by atoms with Gasteiger partial charge in [-0.3, -0.25) is 4.79 Å². The molecule has 0 radical (unpaired) electrons. The van der Waals surface area contributed by atoms with Crippen molar-refractivity contribution in [3.05, 3.63) is 0 Å². The van der Waals surface area contributed by atoms with Crippen molar-refractivity contribution in [3.63, 3.8) is 0 Å². The highest BCUT2D eigenvalue weighted by atomic mass is 35.5. The van der Waals surface area contributed by atoms with Crippen LogP contribution in [0.1, 0.15) is 72.6 Å². The molecule has 0 saturated heterocycles. The Morgan fingerprint density at radius 2 is 1.77 bits per heavy atom. The molecule has 3 N–H and O–H groups in total. The highest BCUT2D eigenvalue weighted by molar-refractivity contribution is 5.85. The van der Waals surface area contributed by atoms with Crippen LogP contribution >= 0.6 is 12.4 Å². The SMILES string of the molecule is CC(C)CC(C)(CN)NC(=O)C(C)OC1CCCCCC1.Cl. The second-order valence-electron chi connectivity index (χ2n) is 7.24. The van der Waals surface area contributed by atoms with Crippen molar-refractivity contribution in [2.75, 3.05) is 6.54 Å². The number of hydrogen-bond donors (Lipinski definition) is 2. The van der Waals surface area contributed by atoms with Crippen molar-refractivity contribution in [2.24, 2.45) is 11.7 Å². The van der Waals surface area contributed by atoms with Crippen LogP contribution in [0.3, 0.4) is 0 Å². The molecule has 2 unspecified atom stereocenters. The standard InChI is InChI=1S/C17H34N2O2.ClH/c1-13(2)11-17(4,12-18)19-16(20)14(3)21-15-9-7-5-6-8-10-15;/h13-15H,5-12,18H2,1-4H3,(H,19,20);1H. The zero-order valence-electron chi connectivity index (χ0n) is 14.7. The van der Waals surface area contributed by atoms with Crippen molar-refractivity contribution in [1.29, 1.82) is 0 Å². The van der Waals surface area contributed by atoms with Gasteiger partial charge < -0.3 is 15.8 Å². The average molecular weight is 335 g/mol. The molecule has 0 bridgehead atoms. The van der Waals surface area contributed by atoms with E-state index < -0.39 is 6.10 Å². The van der Waals surface area contributed by atoms with Crippen LogP contribution in [0, 0.1) is 5.92 Å². The molecule has 0 aromatic carbocycles. The summed E-state index contributed by atoms with van der Waals surface area (Å²) < 4.78 is 5.98. The second-order valence-corrected chi connectivity index (χ2v) is 7.24. The monoisotopic (exact) mass is 334 g/mol. The highest BCUT2D eigenvalue weighted by Gasteiger charge is 2.29. The van der Waals surface area contributed by atoms with Crippen LogP contribution in [0.4, 0.5) is 0 Å². The maximum absolute atomic E-state index is 12.4. The highest BCUT2D eigenvalue weighted by Crippen LogP contribution is 2.21. The van der Waals surface area contributed by atoms with Crippen molar-refractivity contribution < 1.29 is 9.53 Å². The van der Waals surface area contributed by atoms with E-state index >= 15 is 0 Å². The van der Waals surface area contributed by atoms with E-state index in [1.807, 2.05) is 13.8 Å². The van der Waals surface area contributed by atoms with Crippen LogP contribution in [-0.2, 0) is 9.53 Å². The van der Waals surface area contributed by atoms with E-state index in [-0.39, 0.29) is 30.0 Å². The van der Waals surface area contributed by atoms with E-state index in [2.05, 4.69) is 19.2 Å². The number of carbonyl (C=O) groups excluding carboxylic acids is 1. The Balaban J connectivity index is 0.00000441. The van der Waals surface area contributed by atoms with Crippen molar-refractivity contribution >= 4 is 18.3 Å². The zero-order chi connectivity index (χ0) is 15.9. The quantitative estimate of drug-likeness (QED) is 0.701. The third kappa shape index (κ3) is 7.80. The molecular formula is C17H35ClN2O2. The minimum atomic E-state index is -0.397. The van der Waals surface area contributed by atoms with Crippen LogP contribution in [0.5, 0.6) is 0 Å². The number of nitrogens with two attached hydrogens (primary N) is 1. The summed E-state index contributed by atoms with van der Waals surface area (Å²) in [5.74, 6) is 0.463. The van der Waals surface area contributed by atoms with Gasteiger partial charge in [0.25, 0.3) is 0 Å². The molecule has 1 amide bonds. The fourth-order valence-electron chi connectivity index (χ4n) is 3.21. The van der Waals surface area contributed by atoms with Gasteiger partial charge >= 0.3 is 0 Å². The summed E-state index contributed by atoms with van der Waals surface area (Å²) in [7, 11) is 0. The van der Waals surface area contributed by atoms with E-state index in [4.69, 9.17) is 10.5 Å². The number of hydrogen-bond acceptors (Lipinski definition) is 3. The maximum atomic E-state index is 12.4. The van der Waals surface area contributed by atoms with Crippen LogP contribution < -0.4 is 11.1 Å². The van der Waals surface area contributed by atoms with Gasteiger partial charge in [0, 0.05) is 12.1 Å². The summed E-state index contributed by atoms with van der Waals surface area (Å²) in [6.07, 6.45) is 7.90. The van der Waals surface area contributed by atoms with E-state index in [1.54, 1.807) is 0 Å². The van der Waals surface area contributed by atoms with Gasteiger partial charge in [-0.2, -0.15) is 0 Å². The molecule has 0 aromatic rings. The number of rotatable bonds is 7. The van der Waals surface area contributed by atoms with Crippen molar-refractivity contribution in [1.82, 2.24) is 5.32 Å². The summed E-state index contributed by atoms with van der Waals surface area (Å²) in [5, 5.41) is 3.09. The zero-order valence-corrected chi connectivity index (χ0v) is 15.5. The molecular weight excluding hydrogens is 300 g/mol. The topological polar surface area (TPSA) is 64.3 Å². The lowest BCUT2D eigenvalue weighted by Crippen LogP contribution is -2.55. The van der Waals surface area contributed by atoms with Gasteiger partial charge in [-0.05, 0) is 39.0 Å². The Morgan fingerprint density at radius 3 is 2.23 bits per heavy atom. The van der Waals surface area contributed by atoms with Crippen LogP contribution in [0.25, 0.3) is 0 Å². The molecule has 0 spiro atoms. The molecule has 4 nitrogen and oxygen atoms in total. The predicted octanol–water partition coefficient (Wildman–Crippen LogP) is 3.42. The number of halogens is 1. The van der Waals surface area contributed by atoms with Gasteiger partial charge in [0.2, 0.25) is 5.91 Å². The Hall–Kier alpha value is -0.320. The normalized spacial score (nSPS) is 20.6. The summed E-state index contributed by atoms with van der Waals surface area (Å²) in [6, 6.07) is 0. The van der Waals surface area contributed by atoms with Crippen LogP contribution in [0.2, 0.25) is 0 Å². The predicted molar refractivity (Wildman–Crippen MR) is 94.3 cm³/mol. The molecule has 5 heteroatoms. The first-order chi connectivity index (χ1) is 9.86. The molecule has 2 atom stereocenters. The first-order valence-electron chi connectivity index (χ1n) is 8.54. The molecule has 1 rings (SSSR count). The Morgan fingerprint density at radius 1 is 1.23 bits per heavy atom. The lowest BCUT2D eigenvalue weighted by molar-refractivity contribution is -0.137. The first-order valence-corrected chi connectivity index (χ1v) is 8.54. The summed E-state index contributed by atoms with van der Waals surface area (Å²) in [4.78, 5) is 12.4. The number of carbonyl (C=O) groups is 1. The molecule has 132 valence electrons. The molecule has 0 heterocycles. The van der Waals surface area contributed by atoms with E-state index in [0.717, 1.165) is 19.3 Å². The van der Waals surface area contributed by atoms with Gasteiger partial charge in [0.1, 0.15) is 6.10 Å². The largest absolute Gasteiger partial charge is 0.365 e. The Labute approximate surface area is 142 Å². The molecule has 0 aliphatic heterocycles. The fraction of sp³-hybridized carbons (Fsp3) is 0.941. The third-order valence-electron chi connectivity index (χ3n) is 4.30. The Bertz CT molecular complexity index is 318. The smallest absolute Gasteiger partial charge is 0.249 e. The van der Waals surface area contributed by atoms with E-state index in [1.165, 1.54) is 25.7 Å².